The Balaban J connectivity index is 3.38. The summed E-state index contributed by atoms with van der Waals surface area (Å²) in [5, 5.41) is 8.96. The zero-order valence-electron chi connectivity index (χ0n) is 6.04. The maximum Gasteiger partial charge on any atom is 0.339 e. The van der Waals surface area contributed by atoms with Crippen LogP contribution in [0.1, 0.15) is 10.4 Å². The highest BCUT2D eigenvalue weighted by atomic mass is 35.5. The highest BCUT2D eigenvalue weighted by Gasteiger charge is 2.12. The SMILES string of the molecule is Nc1cc(Cl)cc(N)c1C(=O)O. The predicted molar refractivity (Wildman–Crippen MR) is 47.2 cm³/mol. The van der Waals surface area contributed by atoms with Gasteiger partial charge in [0.15, 0.2) is 0 Å². The Kier molecular flexibility index (Phi) is 2.10. The summed E-state index contributed by atoms with van der Waals surface area (Å²) in [4.78, 5) is 10.6. The van der Waals surface area contributed by atoms with Gasteiger partial charge in [-0.05, 0) is 12.1 Å². The summed E-state index contributed by atoms with van der Waals surface area (Å²) >= 11 is 5.57. The molecule has 0 heterocycles. The molecule has 64 valence electrons. The van der Waals surface area contributed by atoms with Crippen molar-refractivity contribution in [2.75, 3.05) is 11.5 Å². The molecule has 1 rings (SSSR count). The summed E-state index contributed by atoms with van der Waals surface area (Å²) in [6.07, 6.45) is 0. The number of carboxylic acids is 1. The van der Waals surface area contributed by atoms with Crippen molar-refractivity contribution in [1.82, 2.24) is 0 Å². The third-order valence-corrected chi connectivity index (χ3v) is 1.60. The fourth-order valence-electron chi connectivity index (χ4n) is 0.897. The van der Waals surface area contributed by atoms with Gasteiger partial charge in [-0.15, -0.1) is 0 Å². The van der Waals surface area contributed by atoms with E-state index in [9.17, 15) is 4.79 Å². The number of benzene rings is 1. The average Bonchev–Trinajstić information content (AvgIpc) is 1.82. The summed E-state index contributed by atoms with van der Waals surface area (Å²) in [6.45, 7) is 0. The number of nitrogens with two attached hydrogens (primary N) is 2. The van der Waals surface area contributed by atoms with Crippen molar-refractivity contribution in [1.29, 1.82) is 0 Å². The van der Waals surface area contributed by atoms with Crippen molar-refractivity contribution in [3.8, 4) is 0 Å². The van der Waals surface area contributed by atoms with E-state index in [1.165, 1.54) is 12.1 Å². The number of rotatable bonds is 1. The fourth-order valence-corrected chi connectivity index (χ4v) is 1.13. The van der Waals surface area contributed by atoms with Crippen LogP contribution in [0.4, 0.5) is 11.4 Å². The summed E-state index contributed by atoms with van der Waals surface area (Å²) < 4.78 is 0. The number of carbonyl (C=O) groups is 1. The molecule has 0 radical (unpaired) electrons. The number of hydrogen-bond acceptors (Lipinski definition) is 3. The molecule has 0 amide bonds. The molecule has 0 saturated carbocycles. The first-order valence-corrected chi connectivity index (χ1v) is 3.48. The molecule has 0 saturated heterocycles. The van der Waals surface area contributed by atoms with Crippen LogP contribution < -0.4 is 11.5 Å². The Morgan fingerprint density at radius 3 is 2.08 bits per heavy atom. The molecule has 0 spiro atoms. The lowest BCUT2D eigenvalue weighted by atomic mass is 10.1. The molecule has 0 bridgehead atoms. The number of aromatic carboxylic acids is 1. The van der Waals surface area contributed by atoms with E-state index in [-0.39, 0.29) is 16.9 Å². The van der Waals surface area contributed by atoms with Gasteiger partial charge in [0.25, 0.3) is 0 Å². The molecule has 0 atom stereocenters. The monoisotopic (exact) mass is 186 g/mol. The molecule has 0 aliphatic carbocycles. The molecule has 1 aromatic carbocycles. The van der Waals surface area contributed by atoms with Crippen molar-refractivity contribution in [3.63, 3.8) is 0 Å². The summed E-state index contributed by atoms with van der Waals surface area (Å²) in [7, 11) is 0. The van der Waals surface area contributed by atoms with Crippen molar-refractivity contribution >= 4 is 28.9 Å². The zero-order chi connectivity index (χ0) is 9.30. The number of halogens is 1. The third kappa shape index (κ3) is 1.43. The largest absolute Gasteiger partial charge is 0.478 e. The lowest BCUT2D eigenvalue weighted by Gasteiger charge is -2.04. The second-order valence-electron chi connectivity index (χ2n) is 2.26. The van der Waals surface area contributed by atoms with Crippen LogP contribution in [-0.2, 0) is 0 Å². The maximum atomic E-state index is 10.6. The van der Waals surface area contributed by atoms with E-state index >= 15 is 0 Å². The van der Waals surface area contributed by atoms with Crippen LogP contribution in [0.15, 0.2) is 12.1 Å². The molecule has 5 N–H and O–H groups in total. The molecule has 5 heteroatoms. The second kappa shape index (κ2) is 2.91. The number of nitrogen functional groups attached to an aromatic ring is 2. The van der Waals surface area contributed by atoms with Crippen LogP contribution >= 0.6 is 11.6 Å². The van der Waals surface area contributed by atoms with E-state index in [0.29, 0.717) is 5.02 Å². The number of hydrogen-bond donors (Lipinski definition) is 3. The lowest BCUT2D eigenvalue weighted by molar-refractivity contribution is 0.0699. The van der Waals surface area contributed by atoms with Crippen LogP contribution in [0.3, 0.4) is 0 Å². The minimum Gasteiger partial charge on any atom is -0.478 e. The van der Waals surface area contributed by atoms with Gasteiger partial charge in [0.05, 0.1) is 0 Å². The van der Waals surface area contributed by atoms with Gasteiger partial charge in [0, 0.05) is 16.4 Å². The van der Waals surface area contributed by atoms with Crippen LogP contribution in [0.25, 0.3) is 0 Å². The molecule has 0 aromatic heterocycles. The predicted octanol–water partition coefficient (Wildman–Crippen LogP) is 1.20. The average molecular weight is 187 g/mol. The van der Waals surface area contributed by atoms with E-state index in [2.05, 4.69) is 0 Å². The Hall–Kier alpha value is -1.42. The minimum absolute atomic E-state index is 0.0764. The lowest BCUT2D eigenvalue weighted by Crippen LogP contribution is -2.06. The highest BCUT2D eigenvalue weighted by molar-refractivity contribution is 6.31. The molecule has 0 aliphatic heterocycles. The second-order valence-corrected chi connectivity index (χ2v) is 2.70. The van der Waals surface area contributed by atoms with Gasteiger partial charge in [-0.1, -0.05) is 11.6 Å². The maximum absolute atomic E-state index is 10.6. The van der Waals surface area contributed by atoms with Crippen LogP contribution in [0.5, 0.6) is 0 Å². The van der Waals surface area contributed by atoms with Crippen LogP contribution in [0, 0.1) is 0 Å². The first-order chi connectivity index (χ1) is 5.52. The molecular weight excluding hydrogens is 180 g/mol. The van der Waals surface area contributed by atoms with Gasteiger partial charge < -0.3 is 16.6 Å². The van der Waals surface area contributed by atoms with E-state index in [4.69, 9.17) is 28.2 Å². The first-order valence-electron chi connectivity index (χ1n) is 3.10. The smallest absolute Gasteiger partial charge is 0.339 e. The highest BCUT2D eigenvalue weighted by Crippen LogP contribution is 2.24. The summed E-state index contributed by atoms with van der Waals surface area (Å²) in [5.74, 6) is -1.15. The van der Waals surface area contributed by atoms with E-state index in [1.54, 1.807) is 0 Å². The molecule has 1 aromatic rings. The first kappa shape index (κ1) is 8.67. The number of anilines is 2. The zero-order valence-corrected chi connectivity index (χ0v) is 6.80. The third-order valence-electron chi connectivity index (χ3n) is 1.38. The van der Waals surface area contributed by atoms with Gasteiger partial charge in [-0.25, -0.2) is 4.79 Å². The van der Waals surface area contributed by atoms with E-state index in [0.717, 1.165) is 0 Å². The van der Waals surface area contributed by atoms with Crippen LogP contribution in [0.2, 0.25) is 5.02 Å². The molecular formula is C7H7ClN2O2. The van der Waals surface area contributed by atoms with Gasteiger partial charge >= 0.3 is 5.97 Å². The van der Waals surface area contributed by atoms with Gasteiger partial charge in [0.1, 0.15) is 5.56 Å². The Bertz CT molecular complexity index is 315. The van der Waals surface area contributed by atoms with E-state index < -0.39 is 5.97 Å². The van der Waals surface area contributed by atoms with Gasteiger partial charge in [-0.3, -0.25) is 0 Å². The minimum atomic E-state index is -1.15. The van der Waals surface area contributed by atoms with Crippen molar-refractivity contribution in [3.05, 3.63) is 22.7 Å². The van der Waals surface area contributed by atoms with E-state index in [1.807, 2.05) is 0 Å². The van der Waals surface area contributed by atoms with Crippen molar-refractivity contribution in [2.24, 2.45) is 0 Å². The molecule has 0 fully saturated rings. The Morgan fingerprint density at radius 1 is 1.33 bits per heavy atom. The van der Waals surface area contributed by atoms with Crippen molar-refractivity contribution in [2.45, 2.75) is 0 Å². The standard InChI is InChI=1S/C7H7ClN2O2/c8-3-1-4(9)6(7(11)12)5(10)2-3/h1-2H,9-10H2,(H,11,12). The fraction of sp³-hybridized carbons (Fsp3) is 0. The summed E-state index contributed by atoms with van der Waals surface area (Å²) in [6, 6.07) is 2.70. The molecule has 4 nitrogen and oxygen atoms in total. The topological polar surface area (TPSA) is 89.3 Å². The molecule has 0 aliphatic rings. The molecule has 12 heavy (non-hydrogen) atoms. The Labute approximate surface area is 73.7 Å². The summed E-state index contributed by atoms with van der Waals surface area (Å²) in [5.41, 5.74) is 10.8. The van der Waals surface area contributed by atoms with Gasteiger partial charge in [0.2, 0.25) is 0 Å². The normalized spacial score (nSPS) is 9.75. The Morgan fingerprint density at radius 2 is 1.75 bits per heavy atom. The molecule has 0 unspecified atom stereocenters. The number of carboxylic acid groups (broad SMARTS) is 1. The van der Waals surface area contributed by atoms with Crippen LogP contribution in [-0.4, -0.2) is 11.1 Å². The quantitative estimate of drug-likeness (QED) is 0.575. The van der Waals surface area contributed by atoms with Gasteiger partial charge in [-0.2, -0.15) is 0 Å². The van der Waals surface area contributed by atoms with Crippen molar-refractivity contribution < 1.29 is 9.90 Å².